The number of hydrogen-bond acceptors (Lipinski definition) is 3. The summed E-state index contributed by atoms with van der Waals surface area (Å²) >= 11 is 5.84. The van der Waals surface area contributed by atoms with E-state index in [0.29, 0.717) is 27.6 Å². The van der Waals surface area contributed by atoms with Gasteiger partial charge in [-0.3, -0.25) is 9.59 Å². The minimum atomic E-state index is -0.352. The summed E-state index contributed by atoms with van der Waals surface area (Å²) in [6.45, 7) is 0. The summed E-state index contributed by atoms with van der Waals surface area (Å²) in [6, 6.07) is 11.9. The van der Waals surface area contributed by atoms with Crippen molar-refractivity contribution in [3.8, 4) is 5.75 Å². The van der Waals surface area contributed by atoms with Crippen LogP contribution >= 0.6 is 11.6 Å². The molecule has 2 aromatic carbocycles. The van der Waals surface area contributed by atoms with E-state index in [9.17, 15) is 9.59 Å². The summed E-state index contributed by atoms with van der Waals surface area (Å²) in [5.41, 5.74) is 1.35. The number of rotatable bonds is 5. The molecule has 1 aliphatic carbocycles. The zero-order valence-corrected chi connectivity index (χ0v) is 13.9. The minimum Gasteiger partial charge on any atom is -0.496 e. The first kappa shape index (κ1) is 16.3. The molecule has 0 aromatic heterocycles. The summed E-state index contributed by atoms with van der Waals surface area (Å²) in [6.07, 6.45) is 2.01. The fourth-order valence-corrected chi connectivity index (χ4v) is 2.38. The van der Waals surface area contributed by atoms with Crippen LogP contribution in [0.4, 0.5) is 5.69 Å². The van der Waals surface area contributed by atoms with Gasteiger partial charge in [-0.25, -0.2) is 0 Å². The number of carbonyl (C=O) groups excluding carboxylic acids is 2. The Labute approximate surface area is 145 Å². The van der Waals surface area contributed by atoms with Crippen molar-refractivity contribution in [2.45, 2.75) is 18.9 Å². The van der Waals surface area contributed by atoms with Crippen LogP contribution in [0.1, 0.15) is 33.6 Å². The van der Waals surface area contributed by atoms with Crippen molar-refractivity contribution in [2.24, 2.45) is 0 Å². The van der Waals surface area contributed by atoms with E-state index in [1.54, 1.807) is 42.5 Å². The zero-order chi connectivity index (χ0) is 17.1. The molecule has 3 rings (SSSR count). The number of hydrogen-bond donors (Lipinski definition) is 2. The van der Waals surface area contributed by atoms with Gasteiger partial charge in [0.2, 0.25) is 0 Å². The third-order valence-corrected chi connectivity index (χ3v) is 3.97. The predicted octanol–water partition coefficient (Wildman–Crippen LogP) is 3.49. The van der Waals surface area contributed by atoms with Crippen molar-refractivity contribution in [1.29, 1.82) is 0 Å². The van der Waals surface area contributed by atoms with Crippen LogP contribution in [0.15, 0.2) is 42.5 Å². The molecular weight excluding hydrogens is 328 g/mol. The Balaban J connectivity index is 1.82. The molecule has 6 heteroatoms. The fraction of sp³-hybridized carbons (Fsp3) is 0.222. The van der Waals surface area contributed by atoms with Crippen LogP contribution in [0.2, 0.25) is 5.02 Å². The van der Waals surface area contributed by atoms with Crippen LogP contribution < -0.4 is 15.4 Å². The summed E-state index contributed by atoms with van der Waals surface area (Å²) in [4.78, 5) is 24.7. The smallest absolute Gasteiger partial charge is 0.259 e. The number of methoxy groups -OCH3 is 1. The molecule has 1 aliphatic rings. The van der Waals surface area contributed by atoms with Crippen LogP contribution in [-0.2, 0) is 0 Å². The average Bonchev–Trinajstić information content (AvgIpc) is 3.40. The van der Waals surface area contributed by atoms with Gasteiger partial charge in [-0.15, -0.1) is 0 Å². The van der Waals surface area contributed by atoms with E-state index in [1.807, 2.05) is 0 Å². The first-order valence-corrected chi connectivity index (χ1v) is 8.00. The van der Waals surface area contributed by atoms with Gasteiger partial charge in [0.15, 0.2) is 0 Å². The van der Waals surface area contributed by atoms with Gasteiger partial charge in [0, 0.05) is 22.3 Å². The largest absolute Gasteiger partial charge is 0.496 e. The monoisotopic (exact) mass is 344 g/mol. The van der Waals surface area contributed by atoms with E-state index >= 15 is 0 Å². The second-order valence-electron chi connectivity index (χ2n) is 5.62. The fourth-order valence-electron chi connectivity index (χ4n) is 2.25. The summed E-state index contributed by atoms with van der Waals surface area (Å²) < 4.78 is 5.24. The highest BCUT2D eigenvalue weighted by Crippen LogP contribution is 2.24. The highest BCUT2D eigenvalue weighted by atomic mass is 35.5. The normalized spacial score (nSPS) is 13.2. The number of anilines is 1. The highest BCUT2D eigenvalue weighted by Gasteiger charge is 2.24. The van der Waals surface area contributed by atoms with Gasteiger partial charge in [-0.1, -0.05) is 11.6 Å². The molecule has 0 spiro atoms. The van der Waals surface area contributed by atoms with Crippen molar-refractivity contribution < 1.29 is 14.3 Å². The maximum atomic E-state index is 12.5. The standard InChI is InChI=1S/C18H17ClN2O3/c1-24-16-9-2-11(17(22)20-14-7-8-14)10-15(16)18(23)21-13-5-3-12(19)4-6-13/h2-6,9-10,14H,7-8H2,1H3,(H,20,22)(H,21,23). The Hall–Kier alpha value is -2.53. The number of carbonyl (C=O) groups is 2. The topological polar surface area (TPSA) is 67.4 Å². The Morgan fingerprint density at radius 2 is 1.79 bits per heavy atom. The third kappa shape index (κ3) is 3.86. The molecule has 0 heterocycles. The predicted molar refractivity (Wildman–Crippen MR) is 92.9 cm³/mol. The minimum absolute atomic E-state index is 0.180. The van der Waals surface area contributed by atoms with Gasteiger partial charge < -0.3 is 15.4 Å². The summed E-state index contributed by atoms with van der Waals surface area (Å²) in [5, 5.41) is 6.26. The van der Waals surface area contributed by atoms with Crippen molar-refractivity contribution in [3.63, 3.8) is 0 Å². The molecule has 24 heavy (non-hydrogen) atoms. The van der Waals surface area contributed by atoms with Crippen LogP contribution in [0.3, 0.4) is 0 Å². The van der Waals surface area contributed by atoms with E-state index in [1.165, 1.54) is 7.11 Å². The first-order valence-electron chi connectivity index (χ1n) is 7.62. The van der Waals surface area contributed by atoms with Crippen LogP contribution in [0.25, 0.3) is 0 Å². The van der Waals surface area contributed by atoms with Crippen molar-refractivity contribution in [3.05, 3.63) is 58.6 Å². The maximum Gasteiger partial charge on any atom is 0.259 e. The number of ether oxygens (including phenoxy) is 1. The molecule has 1 saturated carbocycles. The molecule has 0 saturated heterocycles. The Bertz CT molecular complexity index is 770. The molecule has 124 valence electrons. The molecule has 0 unspecified atom stereocenters. The van der Waals surface area contributed by atoms with Gasteiger partial charge >= 0.3 is 0 Å². The third-order valence-electron chi connectivity index (χ3n) is 3.72. The van der Waals surface area contributed by atoms with Gasteiger partial charge in [-0.05, 0) is 55.3 Å². The highest BCUT2D eigenvalue weighted by molar-refractivity contribution is 6.30. The van der Waals surface area contributed by atoms with Crippen molar-refractivity contribution in [2.75, 3.05) is 12.4 Å². The zero-order valence-electron chi connectivity index (χ0n) is 13.1. The van der Waals surface area contributed by atoms with Crippen LogP contribution in [0.5, 0.6) is 5.75 Å². The summed E-state index contributed by atoms with van der Waals surface area (Å²) in [7, 11) is 1.48. The lowest BCUT2D eigenvalue weighted by Gasteiger charge is -2.11. The number of amides is 2. The number of nitrogens with one attached hydrogen (secondary N) is 2. The molecule has 0 aliphatic heterocycles. The first-order chi connectivity index (χ1) is 11.6. The molecule has 5 nitrogen and oxygen atoms in total. The Morgan fingerprint density at radius 1 is 1.08 bits per heavy atom. The molecule has 2 amide bonds. The molecule has 0 atom stereocenters. The van der Waals surface area contributed by atoms with Crippen molar-refractivity contribution in [1.82, 2.24) is 5.32 Å². The lowest BCUT2D eigenvalue weighted by Crippen LogP contribution is -2.25. The molecule has 0 bridgehead atoms. The lowest BCUT2D eigenvalue weighted by atomic mass is 10.1. The average molecular weight is 345 g/mol. The van der Waals surface area contributed by atoms with Gasteiger partial charge in [-0.2, -0.15) is 0 Å². The van der Waals surface area contributed by atoms with Crippen LogP contribution in [0, 0.1) is 0 Å². The summed E-state index contributed by atoms with van der Waals surface area (Å²) in [5.74, 6) is -0.125. The lowest BCUT2D eigenvalue weighted by molar-refractivity contribution is 0.0951. The Kier molecular flexibility index (Phi) is 4.71. The molecule has 0 radical (unpaired) electrons. The van der Waals surface area contributed by atoms with Gasteiger partial charge in [0.1, 0.15) is 5.75 Å². The van der Waals surface area contributed by atoms with Gasteiger partial charge in [0.05, 0.1) is 12.7 Å². The maximum absolute atomic E-state index is 12.5. The van der Waals surface area contributed by atoms with Crippen molar-refractivity contribution >= 4 is 29.1 Å². The van der Waals surface area contributed by atoms with E-state index in [2.05, 4.69) is 10.6 Å². The molecule has 2 aromatic rings. The van der Waals surface area contributed by atoms with E-state index in [0.717, 1.165) is 12.8 Å². The van der Waals surface area contributed by atoms with E-state index < -0.39 is 0 Å². The van der Waals surface area contributed by atoms with E-state index in [4.69, 9.17) is 16.3 Å². The molecule has 2 N–H and O–H groups in total. The second kappa shape index (κ2) is 6.93. The number of halogens is 1. The quantitative estimate of drug-likeness (QED) is 0.872. The van der Waals surface area contributed by atoms with Gasteiger partial charge in [0.25, 0.3) is 11.8 Å². The molecule has 1 fully saturated rings. The molecular formula is C18H17ClN2O3. The van der Waals surface area contributed by atoms with Crippen LogP contribution in [-0.4, -0.2) is 25.0 Å². The SMILES string of the molecule is COc1ccc(C(=O)NC2CC2)cc1C(=O)Nc1ccc(Cl)cc1. The second-order valence-corrected chi connectivity index (χ2v) is 6.06. The van der Waals surface area contributed by atoms with E-state index in [-0.39, 0.29) is 17.9 Å². The number of benzene rings is 2. The Morgan fingerprint density at radius 3 is 2.42 bits per heavy atom.